The van der Waals surface area contributed by atoms with Crippen LogP contribution in [0.1, 0.15) is 29.9 Å². The van der Waals surface area contributed by atoms with Gasteiger partial charge in [-0.3, -0.25) is 0 Å². The van der Waals surface area contributed by atoms with E-state index in [1.807, 2.05) is 0 Å². The molecule has 6 heteroatoms. The number of methoxy groups -OCH3 is 1. The van der Waals surface area contributed by atoms with E-state index in [0.29, 0.717) is 27.7 Å². The Balaban J connectivity index is 2.29. The number of nitrogen functional groups attached to an aromatic ring is 1. The number of hydrogen-bond donors (Lipinski definition) is 1. The van der Waals surface area contributed by atoms with E-state index in [-0.39, 0.29) is 5.97 Å². The summed E-state index contributed by atoms with van der Waals surface area (Å²) >= 11 is 1.19. The minimum Gasteiger partial charge on any atom is -0.465 e. The summed E-state index contributed by atoms with van der Waals surface area (Å²) in [4.78, 5) is 18.7. The van der Waals surface area contributed by atoms with Crippen molar-refractivity contribution in [1.29, 1.82) is 0 Å². The first-order chi connectivity index (χ1) is 8.51. The van der Waals surface area contributed by atoms with Crippen LogP contribution in [0.2, 0.25) is 0 Å². The van der Waals surface area contributed by atoms with Gasteiger partial charge >= 0.3 is 5.97 Å². The molecule has 18 heavy (non-hydrogen) atoms. The third-order valence-corrected chi connectivity index (χ3v) is 4.02. The Kier molecular flexibility index (Phi) is 3.75. The normalized spacial score (nSPS) is 24.1. The number of nitrogens with zero attached hydrogens (tertiary/aromatic N) is 2. The van der Waals surface area contributed by atoms with E-state index in [4.69, 9.17) is 10.5 Å². The zero-order valence-corrected chi connectivity index (χ0v) is 11.8. The standard InChI is InChI=1S/C12H19N3O2S/c1-7-4-8(2)6-15(5-7)10-9(11(16)17-3)18-12(13)14-10/h7-8H,4-6H2,1-3H3,(H2,13,14). The minimum atomic E-state index is -0.356. The lowest BCUT2D eigenvalue weighted by molar-refractivity contribution is 0.0606. The summed E-state index contributed by atoms with van der Waals surface area (Å²) in [6.45, 7) is 6.27. The molecule has 1 fully saturated rings. The predicted octanol–water partition coefficient (Wildman–Crippen LogP) is 1.99. The number of hydrogen-bond acceptors (Lipinski definition) is 6. The number of aromatic nitrogens is 1. The third-order valence-electron chi connectivity index (χ3n) is 3.17. The second kappa shape index (κ2) is 5.14. The van der Waals surface area contributed by atoms with Gasteiger partial charge in [-0.05, 0) is 18.3 Å². The van der Waals surface area contributed by atoms with E-state index in [1.54, 1.807) is 0 Å². The summed E-state index contributed by atoms with van der Waals surface area (Å²) in [5.41, 5.74) is 5.72. The van der Waals surface area contributed by atoms with Crippen LogP contribution in [-0.4, -0.2) is 31.2 Å². The van der Waals surface area contributed by atoms with E-state index >= 15 is 0 Å². The van der Waals surface area contributed by atoms with Crippen LogP contribution in [0.25, 0.3) is 0 Å². The number of esters is 1. The minimum absolute atomic E-state index is 0.356. The first-order valence-electron chi connectivity index (χ1n) is 6.10. The highest BCUT2D eigenvalue weighted by Crippen LogP contribution is 2.32. The fourth-order valence-corrected chi connectivity index (χ4v) is 3.38. The van der Waals surface area contributed by atoms with Crippen molar-refractivity contribution in [3.63, 3.8) is 0 Å². The Labute approximate surface area is 111 Å². The van der Waals surface area contributed by atoms with Crippen molar-refractivity contribution in [2.24, 2.45) is 11.8 Å². The average molecular weight is 269 g/mol. The number of thiazole rings is 1. The second-order valence-corrected chi connectivity index (χ2v) is 6.08. The zero-order chi connectivity index (χ0) is 13.3. The highest BCUT2D eigenvalue weighted by Gasteiger charge is 2.28. The summed E-state index contributed by atoms with van der Waals surface area (Å²) in [5.74, 6) is 1.53. The Morgan fingerprint density at radius 3 is 2.61 bits per heavy atom. The molecule has 0 radical (unpaired) electrons. The molecule has 0 spiro atoms. The Morgan fingerprint density at radius 1 is 1.44 bits per heavy atom. The van der Waals surface area contributed by atoms with Crippen molar-refractivity contribution in [3.05, 3.63) is 4.88 Å². The quantitative estimate of drug-likeness (QED) is 0.832. The molecule has 1 aliphatic heterocycles. The SMILES string of the molecule is COC(=O)c1sc(N)nc1N1CC(C)CC(C)C1. The van der Waals surface area contributed by atoms with Crippen LogP contribution in [0.5, 0.6) is 0 Å². The van der Waals surface area contributed by atoms with Crippen LogP contribution < -0.4 is 10.6 Å². The van der Waals surface area contributed by atoms with E-state index < -0.39 is 0 Å². The van der Waals surface area contributed by atoms with Gasteiger partial charge in [-0.15, -0.1) is 0 Å². The van der Waals surface area contributed by atoms with Gasteiger partial charge in [-0.25, -0.2) is 9.78 Å². The molecular weight excluding hydrogens is 250 g/mol. The van der Waals surface area contributed by atoms with Gasteiger partial charge in [0.25, 0.3) is 0 Å². The monoisotopic (exact) mass is 269 g/mol. The number of anilines is 2. The number of carbonyl (C=O) groups excluding carboxylic acids is 1. The van der Waals surface area contributed by atoms with Gasteiger partial charge in [0.2, 0.25) is 0 Å². The number of nitrogens with two attached hydrogens (primary N) is 1. The molecule has 0 bridgehead atoms. The van der Waals surface area contributed by atoms with Gasteiger partial charge in [0.05, 0.1) is 7.11 Å². The first kappa shape index (κ1) is 13.1. The van der Waals surface area contributed by atoms with Gasteiger partial charge < -0.3 is 15.4 Å². The zero-order valence-electron chi connectivity index (χ0n) is 11.0. The van der Waals surface area contributed by atoms with E-state index in [9.17, 15) is 4.79 Å². The number of ether oxygens (including phenoxy) is 1. The summed E-state index contributed by atoms with van der Waals surface area (Å²) in [6, 6.07) is 0. The van der Waals surface area contributed by atoms with Crippen LogP contribution in [0.4, 0.5) is 10.9 Å². The van der Waals surface area contributed by atoms with E-state index in [2.05, 4.69) is 23.7 Å². The molecule has 0 aromatic carbocycles. The lowest BCUT2D eigenvalue weighted by Crippen LogP contribution is -2.39. The molecule has 0 saturated carbocycles. The van der Waals surface area contributed by atoms with E-state index in [1.165, 1.54) is 24.9 Å². The van der Waals surface area contributed by atoms with Crippen molar-refractivity contribution < 1.29 is 9.53 Å². The molecule has 1 saturated heterocycles. The second-order valence-electron chi connectivity index (χ2n) is 5.05. The maximum Gasteiger partial charge on any atom is 0.352 e. The molecule has 0 amide bonds. The van der Waals surface area contributed by atoms with E-state index in [0.717, 1.165) is 13.1 Å². The molecule has 2 atom stereocenters. The highest BCUT2D eigenvalue weighted by molar-refractivity contribution is 7.17. The fraction of sp³-hybridized carbons (Fsp3) is 0.667. The molecule has 2 unspecified atom stereocenters. The number of rotatable bonds is 2. The lowest BCUT2D eigenvalue weighted by Gasteiger charge is -2.35. The number of piperidine rings is 1. The fourth-order valence-electron chi connectivity index (χ4n) is 2.60. The smallest absolute Gasteiger partial charge is 0.352 e. The van der Waals surface area contributed by atoms with Crippen LogP contribution in [0.15, 0.2) is 0 Å². The first-order valence-corrected chi connectivity index (χ1v) is 6.92. The molecule has 0 aliphatic carbocycles. The highest BCUT2D eigenvalue weighted by atomic mass is 32.1. The molecule has 2 heterocycles. The lowest BCUT2D eigenvalue weighted by atomic mass is 9.92. The van der Waals surface area contributed by atoms with Crippen LogP contribution >= 0.6 is 11.3 Å². The van der Waals surface area contributed by atoms with Gasteiger partial charge in [-0.1, -0.05) is 25.2 Å². The summed E-state index contributed by atoms with van der Waals surface area (Å²) in [6.07, 6.45) is 1.21. The van der Waals surface area contributed by atoms with Crippen LogP contribution in [0, 0.1) is 11.8 Å². The summed E-state index contributed by atoms with van der Waals surface area (Å²) in [7, 11) is 1.38. The van der Waals surface area contributed by atoms with Crippen LogP contribution in [-0.2, 0) is 4.74 Å². The van der Waals surface area contributed by atoms with Crippen molar-refractivity contribution in [2.45, 2.75) is 20.3 Å². The van der Waals surface area contributed by atoms with Gasteiger partial charge in [0, 0.05) is 13.1 Å². The van der Waals surface area contributed by atoms with Crippen LogP contribution in [0.3, 0.4) is 0 Å². The Hall–Kier alpha value is -1.30. The molecule has 2 rings (SSSR count). The number of carbonyl (C=O) groups is 1. The summed E-state index contributed by atoms with van der Waals surface area (Å²) in [5, 5.41) is 0.413. The van der Waals surface area contributed by atoms with Crippen molar-refractivity contribution in [3.8, 4) is 0 Å². The van der Waals surface area contributed by atoms with Gasteiger partial charge in [0.15, 0.2) is 15.8 Å². The maximum atomic E-state index is 11.7. The largest absolute Gasteiger partial charge is 0.465 e. The average Bonchev–Trinajstić information content (AvgIpc) is 2.69. The van der Waals surface area contributed by atoms with Crippen molar-refractivity contribution in [1.82, 2.24) is 4.98 Å². The van der Waals surface area contributed by atoms with Crippen molar-refractivity contribution in [2.75, 3.05) is 30.8 Å². The molecular formula is C12H19N3O2S. The summed E-state index contributed by atoms with van der Waals surface area (Å²) < 4.78 is 4.78. The Bertz CT molecular complexity index is 437. The molecule has 1 aliphatic rings. The molecule has 100 valence electrons. The molecule has 2 N–H and O–H groups in total. The maximum absolute atomic E-state index is 11.7. The van der Waals surface area contributed by atoms with Crippen molar-refractivity contribution >= 4 is 28.3 Å². The Morgan fingerprint density at radius 2 is 2.06 bits per heavy atom. The molecule has 1 aromatic heterocycles. The van der Waals surface area contributed by atoms with Gasteiger partial charge in [0.1, 0.15) is 0 Å². The molecule has 1 aromatic rings. The van der Waals surface area contributed by atoms with Gasteiger partial charge in [-0.2, -0.15) is 0 Å². The predicted molar refractivity (Wildman–Crippen MR) is 73.0 cm³/mol. The third kappa shape index (κ3) is 2.58. The molecule has 5 nitrogen and oxygen atoms in total. The topological polar surface area (TPSA) is 68.5 Å².